The number of rotatable bonds is 4. The Labute approximate surface area is 119 Å². The molecule has 0 spiro atoms. The molecule has 100 valence electrons. The Morgan fingerprint density at radius 1 is 1.47 bits per heavy atom. The third kappa shape index (κ3) is 2.87. The molecule has 0 amide bonds. The molecule has 0 atom stereocenters. The summed E-state index contributed by atoms with van der Waals surface area (Å²) in [6.07, 6.45) is 1.42. The van der Waals surface area contributed by atoms with E-state index in [1.807, 2.05) is 32.0 Å². The van der Waals surface area contributed by atoms with Crippen molar-refractivity contribution in [3.8, 4) is 11.5 Å². The summed E-state index contributed by atoms with van der Waals surface area (Å²) in [5, 5.41) is 9.11. The number of hydrogen-bond donors (Lipinski definition) is 1. The van der Waals surface area contributed by atoms with E-state index in [-0.39, 0.29) is 5.76 Å². The molecule has 0 aliphatic heterocycles. The van der Waals surface area contributed by atoms with E-state index >= 15 is 0 Å². The zero-order valence-corrected chi connectivity index (χ0v) is 12.3. The quantitative estimate of drug-likeness (QED) is 0.921. The average Bonchev–Trinajstić information content (AvgIpc) is 2.77. The number of aromatic nitrogens is 1. The van der Waals surface area contributed by atoms with Gasteiger partial charge in [-0.25, -0.2) is 9.78 Å². The number of aromatic carboxylic acids is 1. The van der Waals surface area contributed by atoms with Crippen LogP contribution in [-0.2, 0) is 6.42 Å². The van der Waals surface area contributed by atoms with Gasteiger partial charge in [0.05, 0.1) is 5.69 Å². The molecule has 0 saturated carbocycles. The van der Waals surface area contributed by atoms with Gasteiger partial charge in [0, 0.05) is 10.0 Å². The van der Waals surface area contributed by atoms with Gasteiger partial charge in [0.15, 0.2) is 0 Å². The Hall–Kier alpha value is -1.62. The van der Waals surface area contributed by atoms with E-state index in [0.717, 1.165) is 22.0 Å². The van der Waals surface area contributed by atoms with Crippen LogP contribution in [0.2, 0.25) is 0 Å². The van der Waals surface area contributed by atoms with E-state index in [1.165, 1.54) is 0 Å². The summed E-state index contributed by atoms with van der Waals surface area (Å²) in [4.78, 5) is 15.4. The van der Waals surface area contributed by atoms with Crippen molar-refractivity contribution in [1.82, 2.24) is 4.98 Å². The molecule has 0 fully saturated rings. The van der Waals surface area contributed by atoms with Crippen molar-refractivity contribution in [2.45, 2.75) is 26.7 Å². The molecule has 5 heteroatoms. The second-order valence-electron chi connectivity index (χ2n) is 4.31. The largest absolute Gasteiger partial charge is 0.475 e. The minimum atomic E-state index is -1.07. The third-order valence-corrected chi connectivity index (χ3v) is 3.67. The fourth-order valence-electron chi connectivity index (χ4n) is 1.83. The Balaban J connectivity index is 2.47. The number of aryl methyl sites for hydroxylation is 2. The van der Waals surface area contributed by atoms with Crippen LogP contribution >= 0.6 is 15.9 Å². The maximum Gasteiger partial charge on any atom is 0.373 e. The van der Waals surface area contributed by atoms with Crippen LogP contribution in [0.1, 0.15) is 35.2 Å². The molecule has 2 aromatic rings. The van der Waals surface area contributed by atoms with Crippen molar-refractivity contribution >= 4 is 21.9 Å². The second-order valence-corrected chi connectivity index (χ2v) is 5.17. The molecule has 19 heavy (non-hydrogen) atoms. The first-order valence-electron chi connectivity index (χ1n) is 6.02. The number of halogens is 1. The van der Waals surface area contributed by atoms with Crippen molar-refractivity contribution < 1.29 is 14.3 Å². The molecule has 1 aromatic heterocycles. The first kappa shape index (κ1) is 13.8. The van der Waals surface area contributed by atoms with Gasteiger partial charge in [0.2, 0.25) is 11.7 Å². The first-order chi connectivity index (χ1) is 9.02. The summed E-state index contributed by atoms with van der Waals surface area (Å²) in [6, 6.07) is 5.66. The minimum absolute atomic E-state index is 0.0579. The van der Waals surface area contributed by atoms with Gasteiger partial charge in [0.25, 0.3) is 0 Å². The zero-order valence-electron chi connectivity index (χ0n) is 10.7. The summed E-state index contributed by atoms with van der Waals surface area (Å²) in [6.45, 7) is 3.94. The van der Waals surface area contributed by atoms with E-state index in [2.05, 4.69) is 20.9 Å². The lowest BCUT2D eigenvalue weighted by molar-refractivity contribution is 0.0661. The number of carbonyl (C=O) groups is 1. The average molecular weight is 324 g/mol. The van der Waals surface area contributed by atoms with Gasteiger partial charge < -0.3 is 9.52 Å². The molecular formula is C14H14BrNO3. The number of carboxylic acids is 1. The van der Waals surface area contributed by atoms with Gasteiger partial charge in [-0.05, 0) is 37.1 Å². The summed E-state index contributed by atoms with van der Waals surface area (Å²) < 4.78 is 6.38. The molecule has 0 saturated heterocycles. The van der Waals surface area contributed by atoms with Gasteiger partial charge in [-0.2, -0.15) is 0 Å². The van der Waals surface area contributed by atoms with Crippen molar-refractivity contribution in [2.75, 3.05) is 0 Å². The van der Waals surface area contributed by atoms with Crippen molar-refractivity contribution in [3.63, 3.8) is 0 Å². The number of hydrogen-bond acceptors (Lipinski definition) is 3. The first-order valence-corrected chi connectivity index (χ1v) is 6.81. The second kappa shape index (κ2) is 5.57. The van der Waals surface area contributed by atoms with Gasteiger partial charge in [-0.1, -0.05) is 29.3 Å². The molecule has 0 aliphatic carbocycles. The van der Waals surface area contributed by atoms with E-state index in [4.69, 9.17) is 9.52 Å². The number of oxazole rings is 1. The number of carboxylic acid groups (broad SMARTS) is 1. The lowest BCUT2D eigenvalue weighted by Gasteiger charge is -2.00. The molecule has 4 nitrogen and oxygen atoms in total. The van der Waals surface area contributed by atoms with E-state index in [0.29, 0.717) is 18.0 Å². The predicted molar refractivity (Wildman–Crippen MR) is 75.3 cm³/mol. The van der Waals surface area contributed by atoms with Crippen LogP contribution in [0.4, 0.5) is 0 Å². The fourth-order valence-corrected chi connectivity index (χ4v) is 2.07. The number of benzene rings is 1. The highest BCUT2D eigenvalue weighted by Gasteiger charge is 2.19. The van der Waals surface area contributed by atoms with Crippen LogP contribution in [0.3, 0.4) is 0 Å². The predicted octanol–water partition coefficient (Wildman–Crippen LogP) is 4.06. The Morgan fingerprint density at radius 2 is 2.21 bits per heavy atom. The minimum Gasteiger partial charge on any atom is -0.475 e. The maximum absolute atomic E-state index is 11.1. The highest BCUT2D eigenvalue weighted by Crippen LogP contribution is 2.26. The SMILES string of the molecule is CCCc1nc(-c2ccc(Br)c(C)c2)oc1C(=O)O. The Bertz CT molecular complexity index is 619. The van der Waals surface area contributed by atoms with Gasteiger partial charge in [0.1, 0.15) is 0 Å². The topological polar surface area (TPSA) is 63.3 Å². The smallest absolute Gasteiger partial charge is 0.373 e. The summed E-state index contributed by atoms with van der Waals surface area (Å²) in [5.41, 5.74) is 2.33. The molecule has 1 N–H and O–H groups in total. The molecular weight excluding hydrogens is 310 g/mol. The summed E-state index contributed by atoms with van der Waals surface area (Å²) in [7, 11) is 0. The summed E-state index contributed by atoms with van der Waals surface area (Å²) in [5.74, 6) is -0.773. The molecule has 1 heterocycles. The molecule has 1 aromatic carbocycles. The third-order valence-electron chi connectivity index (χ3n) is 2.78. The molecule has 0 radical (unpaired) electrons. The van der Waals surface area contributed by atoms with Crippen LogP contribution < -0.4 is 0 Å². The Kier molecular flexibility index (Phi) is 4.04. The molecule has 0 aliphatic rings. The Morgan fingerprint density at radius 3 is 2.79 bits per heavy atom. The van der Waals surface area contributed by atoms with E-state index in [9.17, 15) is 4.79 Å². The lowest BCUT2D eigenvalue weighted by atomic mass is 10.1. The van der Waals surface area contributed by atoms with Gasteiger partial charge in [-0.15, -0.1) is 0 Å². The maximum atomic E-state index is 11.1. The van der Waals surface area contributed by atoms with Gasteiger partial charge >= 0.3 is 5.97 Å². The van der Waals surface area contributed by atoms with Crippen LogP contribution in [-0.4, -0.2) is 16.1 Å². The highest BCUT2D eigenvalue weighted by atomic mass is 79.9. The molecule has 0 bridgehead atoms. The van der Waals surface area contributed by atoms with Crippen LogP contribution in [0.5, 0.6) is 0 Å². The lowest BCUT2D eigenvalue weighted by Crippen LogP contribution is -1.99. The summed E-state index contributed by atoms with van der Waals surface area (Å²) >= 11 is 3.42. The molecule has 0 unspecified atom stereocenters. The molecule has 2 rings (SSSR count). The van der Waals surface area contributed by atoms with Gasteiger partial charge in [-0.3, -0.25) is 0 Å². The monoisotopic (exact) mass is 323 g/mol. The number of nitrogens with zero attached hydrogens (tertiary/aromatic N) is 1. The van der Waals surface area contributed by atoms with Crippen molar-refractivity contribution in [1.29, 1.82) is 0 Å². The van der Waals surface area contributed by atoms with E-state index in [1.54, 1.807) is 0 Å². The van der Waals surface area contributed by atoms with Crippen LogP contribution in [0.25, 0.3) is 11.5 Å². The van der Waals surface area contributed by atoms with Crippen molar-refractivity contribution in [3.05, 3.63) is 39.7 Å². The van der Waals surface area contributed by atoms with Crippen molar-refractivity contribution in [2.24, 2.45) is 0 Å². The standard InChI is InChI=1S/C14H14BrNO3/c1-3-4-11-12(14(17)18)19-13(16-11)9-5-6-10(15)8(2)7-9/h5-7H,3-4H2,1-2H3,(H,17,18). The zero-order chi connectivity index (χ0) is 14.0. The fraction of sp³-hybridized carbons (Fsp3) is 0.286. The normalized spacial score (nSPS) is 10.7. The van der Waals surface area contributed by atoms with E-state index < -0.39 is 5.97 Å². The van der Waals surface area contributed by atoms with Crippen LogP contribution in [0, 0.1) is 6.92 Å². The van der Waals surface area contributed by atoms with Crippen LogP contribution in [0.15, 0.2) is 27.1 Å². The highest BCUT2D eigenvalue weighted by molar-refractivity contribution is 9.10.